The molecule has 13 heteroatoms. The van der Waals surface area contributed by atoms with Gasteiger partial charge in [-0.25, -0.2) is 4.79 Å². The van der Waals surface area contributed by atoms with Gasteiger partial charge in [-0.05, 0) is 35.4 Å². The number of nitrogens with two attached hydrogens (primary N) is 1. The molecule has 34 heavy (non-hydrogen) atoms. The molecule has 0 atom stereocenters. The van der Waals surface area contributed by atoms with Crippen molar-refractivity contribution >= 4 is 29.2 Å². The molecule has 0 saturated heterocycles. The average molecular weight is 489 g/mol. The lowest BCUT2D eigenvalue weighted by atomic mass is 10.2. The summed E-state index contributed by atoms with van der Waals surface area (Å²) >= 11 is 1.12. The van der Waals surface area contributed by atoms with Crippen LogP contribution in [-0.4, -0.2) is 61.7 Å². The Bertz CT molecular complexity index is 1250. The van der Waals surface area contributed by atoms with Crippen molar-refractivity contribution in [3.63, 3.8) is 0 Å². The fourth-order valence-corrected chi connectivity index (χ4v) is 4.02. The molecule has 1 aromatic carbocycles. The Labute approximate surface area is 200 Å². The highest BCUT2D eigenvalue weighted by atomic mass is 32.2. The number of aryl methyl sites for hydroxylation is 1. The van der Waals surface area contributed by atoms with E-state index in [2.05, 4.69) is 20.5 Å². The van der Waals surface area contributed by atoms with Gasteiger partial charge in [-0.1, -0.05) is 43.3 Å². The van der Waals surface area contributed by atoms with Crippen LogP contribution in [0.2, 0.25) is 0 Å². The number of tetrazole rings is 1. The Morgan fingerprint density at radius 3 is 2.62 bits per heavy atom. The third kappa shape index (κ3) is 5.72. The fourth-order valence-electron chi connectivity index (χ4n) is 3.25. The third-order valence-corrected chi connectivity index (χ3v) is 5.80. The van der Waals surface area contributed by atoms with Crippen LogP contribution in [0.15, 0.2) is 39.0 Å². The Balaban J connectivity index is 1.89. The minimum atomic E-state index is -0.735. The van der Waals surface area contributed by atoms with Crippen LogP contribution in [0.4, 0.5) is 11.5 Å². The largest absolute Gasteiger partial charge is 0.383 e. The van der Waals surface area contributed by atoms with Crippen molar-refractivity contribution in [2.45, 2.75) is 32.5 Å². The van der Waals surface area contributed by atoms with Gasteiger partial charge in [0.1, 0.15) is 5.82 Å². The van der Waals surface area contributed by atoms with Crippen molar-refractivity contribution in [3.05, 3.63) is 50.7 Å². The molecule has 0 bridgehead atoms. The number of methoxy groups -OCH3 is 1. The van der Waals surface area contributed by atoms with Gasteiger partial charge in [-0.3, -0.25) is 19.1 Å². The normalized spacial score (nSPS) is 11.2. The number of carbonyl (C=O) groups is 1. The number of aromatic amines is 1. The molecule has 0 aliphatic carbocycles. The van der Waals surface area contributed by atoms with Crippen molar-refractivity contribution < 1.29 is 9.53 Å². The van der Waals surface area contributed by atoms with Crippen molar-refractivity contribution in [1.29, 1.82) is 0 Å². The molecule has 0 fully saturated rings. The number of hydrogen-bond acceptors (Lipinski definition) is 9. The Morgan fingerprint density at radius 1 is 1.26 bits per heavy atom. The first-order valence-electron chi connectivity index (χ1n) is 10.6. The monoisotopic (exact) mass is 488 g/mol. The molecule has 0 aliphatic rings. The van der Waals surface area contributed by atoms with Gasteiger partial charge < -0.3 is 15.4 Å². The molecule has 3 aromatic rings. The molecule has 1 amide bonds. The first-order valence-corrected chi connectivity index (χ1v) is 11.6. The summed E-state index contributed by atoms with van der Waals surface area (Å²) in [5, 5.41) is 12.1. The summed E-state index contributed by atoms with van der Waals surface area (Å²) in [7, 11) is 1.49. The van der Waals surface area contributed by atoms with Crippen LogP contribution < -0.4 is 21.9 Å². The Kier molecular flexibility index (Phi) is 8.23. The van der Waals surface area contributed by atoms with E-state index >= 15 is 0 Å². The number of aromatic nitrogens is 6. The molecule has 2 heterocycles. The number of amides is 1. The van der Waals surface area contributed by atoms with Crippen molar-refractivity contribution in [3.8, 4) is 5.69 Å². The maximum Gasteiger partial charge on any atom is 0.330 e. The molecule has 3 rings (SSSR count). The second-order valence-electron chi connectivity index (χ2n) is 8.03. The summed E-state index contributed by atoms with van der Waals surface area (Å²) < 4.78 is 7.91. The highest BCUT2D eigenvalue weighted by Gasteiger charge is 2.25. The van der Waals surface area contributed by atoms with E-state index < -0.39 is 17.2 Å². The van der Waals surface area contributed by atoms with Crippen LogP contribution >= 0.6 is 11.8 Å². The number of nitrogens with one attached hydrogen (secondary N) is 1. The SMILES string of the molecule is COCCN(C(=O)CSc1nnnn1-c1ccc(C)cc1)c1c(N)n(CC(C)C)c(=O)[nH]c1=O. The fraction of sp³-hybridized carbons (Fsp3) is 0.429. The van der Waals surface area contributed by atoms with Crippen LogP contribution in [0.1, 0.15) is 19.4 Å². The van der Waals surface area contributed by atoms with Crippen LogP contribution in [0, 0.1) is 12.8 Å². The highest BCUT2D eigenvalue weighted by molar-refractivity contribution is 7.99. The molecule has 182 valence electrons. The molecule has 3 N–H and O–H groups in total. The van der Waals surface area contributed by atoms with Gasteiger partial charge in [-0.2, -0.15) is 4.68 Å². The number of nitrogens with zero attached hydrogens (tertiary/aromatic N) is 6. The molecule has 12 nitrogen and oxygen atoms in total. The third-order valence-electron chi connectivity index (χ3n) is 4.90. The van der Waals surface area contributed by atoms with Crippen LogP contribution in [-0.2, 0) is 16.1 Å². The number of rotatable bonds is 10. The van der Waals surface area contributed by atoms with E-state index in [9.17, 15) is 14.4 Å². The first-order chi connectivity index (χ1) is 16.2. The van der Waals surface area contributed by atoms with E-state index in [0.717, 1.165) is 23.0 Å². The van der Waals surface area contributed by atoms with Gasteiger partial charge in [0.05, 0.1) is 18.0 Å². The lowest BCUT2D eigenvalue weighted by molar-refractivity contribution is -0.116. The van der Waals surface area contributed by atoms with Gasteiger partial charge in [0.15, 0.2) is 5.69 Å². The Morgan fingerprint density at radius 2 is 1.97 bits per heavy atom. The second-order valence-corrected chi connectivity index (χ2v) is 8.98. The maximum atomic E-state index is 13.2. The van der Waals surface area contributed by atoms with Crippen LogP contribution in [0.5, 0.6) is 0 Å². The minimum absolute atomic E-state index is 0.0682. The van der Waals surface area contributed by atoms with Gasteiger partial charge in [0.2, 0.25) is 11.1 Å². The summed E-state index contributed by atoms with van der Waals surface area (Å²) in [4.78, 5) is 41.7. The zero-order valence-electron chi connectivity index (χ0n) is 19.5. The molecule has 0 spiro atoms. The van der Waals surface area contributed by atoms with E-state index in [1.54, 1.807) is 0 Å². The quantitative estimate of drug-likeness (QED) is 0.395. The molecular formula is C21H28N8O4S. The molecule has 2 aromatic heterocycles. The number of carbonyl (C=O) groups excluding carboxylic acids is 1. The number of anilines is 2. The zero-order chi connectivity index (χ0) is 24.8. The van der Waals surface area contributed by atoms with Crippen molar-refractivity contribution in [2.75, 3.05) is 36.6 Å². The lowest BCUT2D eigenvalue weighted by Gasteiger charge is -2.24. The topological polar surface area (TPSA) is 154 Å². The zero-order valence-corrected chi connectivity index (χ0v) is 20.3. The molecular weight excluding hydrogens is 460 g/mol. The van der Waals surface area contributed by atoms with E-state index in [1.165, 1.54) is 21.3 Å². The minimum Gasteiger partial charge on any atom is -0.383 e. The summed E-state index contributed by atoms with van der Waals surface area (Å²) in [6.07, 6.45) is 0. The van der Waals surface area contributed by atoms with Gasteiger partial charge >= 0.3 is 5.69 Å². The van der Waals surface area contributed by atoms with E-state index in [0.29, 0.717) is 11.7 Å². The number of hydrogen-bond donors (Lipinski definition) is 2. The second kappa shape index (κ2) is 11.1. The number of H-pyrrole nitrogens is 1. The van der Waals surface area contributed by atoms with Gasteiger partial charge in [-0.15, -0.1) is 5.10 Å². The molecule has 0 radical (unpaired) electrons. The van der Waals surface area contributed by atoms with Crippen LogP contribution in [0.25, 0.3) is 5.69 Å². The molecule has 0 unspecified atom stereocenters. The first kappa shape index (κ1) is 25.2. The number of nitrogen functional groups attached to an aromatic ring is 1. The van der Waals surface area contributed by atoms with E-state index in [1.807, 2.05) is 45.0 Å². The van der Waals surface area contributed by atoms with Crippen LogP contribution in [0.3, 0.4) is 0 Å². The van der Waals surface area contributed by atoms with E-state index in [4.69, 9.17) is 10.5 Å². The summed E-state index contributed by atoms with van der Waals surface area (Å²) in [5.41, 5.74) is 6.62. The summed E-state index contributed by atoms with van der Waals surface area (Å²) in [5.74, 6) is -0.454. The highest BCUT2D eigenvalue weighted by Crippen LogP contribution is 2.22. The predicted molar refractivity (Wildman–Crippen MR) is 129 cm³/mol. The molecule has 0 saturated carbocycles. The smallest absolute Gasteiger partial charge is 0.330 e. The number of benzene rings is 1. The molecule has 0 aliphatic heterocycles. The number of thioether (sulfide) groups is 1. The summed E-state index contributed by atoms with van der Waals surface area (Å²) in [6, 6.07) is 7.62. The van der Waals surface area contributed by atoms with E-state index in [-0.39, 0.29) is 36.3 Å². The summed E-state index contributed by atoms with van der Waals surface area (Å²) in [6.45, 7) is 6.34. The van der Waals surface area contributed by atoms with Gasteiger partial charge in [0.25, 0.3) is 5.56 Å². The van der Waals surface area contributed by atoms with Crippen molar-refractivity contribution in [1.82, 2.24) is 29.8 Å². The Hall–Kier alpha value is -3.45. The average Bonchev–Trinajstić information content (AvgIpc) is 3.26. The van der Waals surface area contributed by atoms with Gasteiger partial charge in [0, 0.05) is 20.2 Å². The lowest BCUT2D eigenvalue weighted by Crippen LogP contribution is -2.43. The van der Waals surface area contributed by atoms with Crippen molar-refractivity contribution in [2.24, 2.45) is 5.92 Å². The standard InChI is InChI=1S/C21H28N8O4S/c1-13(2)11-28-18(22)17(19(31)23-20(28)32)27(9-10-33-4)16(30)12-34-21-24-25-26-29(21)15-7-5-14(3)6-8-15/h5-8,13H,9-12,22H2,1-4H3,(H,23,31,32). The maximum absolute atomic E-state index is 13.2. The predicted octanol–water partition coefficient (Wildman–Crippen LogP) is 0.831. The number of ether oxygens (including phenoxy) is 1.